The molecule has 0 aliphatic rings. The zero-order chi connectivity index (χ0) is 13.2. The summed E-state index contributed by atoms with van der Waals surface area (Å²) in [7, 11) is 1.81. The number of fused-ring (bicyclic) bond motifs is 1. The van der Waals surface area contributed by atoms with Crippen molar-refractivity contribution in [2.75, 3.05) is 7.05 Å². The van der Waals surface area contributed by atoms with Crippen LogP contribution >= 0.6 is 0 Å². The molecule has 3 rings (SSSR count). The Labute approximate surface area is 110 Å². The molecule has 0 saturated heterocycles. The topological polar surface area (TPSA) is 29.9 Å². The first-order valence-corrected chi connectivity index (χ1v) is 6.15. The van der Waals surface area contributed by atoms with E-state index in [-0.39, 0.29) is 5.82 Å². The zero-order valence-corrected chi connectivity index (χ0v) is 10.6. The summed E-state index contributed by atoms with van der Waals surface area (Å²) >= 11 is 0. The third kappa shape index (κ3) is 2.00. The lowest BCUT2D eigenvalue weighted by Crippen LogP contribution is -2.11. The molecule has 0 aliphatic heterocycles. The Bertz CT molecular complexity index is 718. The van der Waals surface area contributed by atoms with E-state index in [1.54, 1.807) is 12.4 Å². The fourth-order valence-electron chi connectivity index (χ4n) is 2.28. The summed E-state index contributed by atoms with van der Waals surface area (Å²) in [6.07, 6.45) is 1.73. The summed E-state index contributed by atoms with van der Waals surface area (Å²) in [6, 6.07) is 12.9. The molecule has 1 heterocycles. The number of benzene rings is 2. The number of aromatic nitrogens is 2. The normalized spacial score (nSPS) is 11.1. The molecule has 0 aliphatic carbocycles. The highest BCUT2D eigenvalue weighted by Crippen LogP contribution is 2.22. The van der Waals surface area contributed by atoms with E-state index in [4.69, 9.17) is 0 Å². The third-order valence-corrected chi connectivity index (χ3v) is 3.16. The molecule has 0 radical (unpaired) electrons. The van der Waals surface area contributed by atoms with Gasteiger partial charge in [-0.15, -0.1) is 0 Å². The summed E-state index contributed by atoms with van der Waals surface area (Å²) < 4.78 is 15.9. The first-order valence-electron chi connectivity index (χ1n) is 6.15. The van der Waals surface area contributed by atoms with Crippen LogP contribution in [0.5, 0.6) is 0 Å². The maximum absolute atomic E-state index is 14.0. The van der Waals surface area contributed by atoms with Gasteiger partial charge < -0.3 is 5.32 Å². The quantitative estimate of drug-likeness (QED) is 0.780. The summed E-state index contributed by atoms with van der Waals surface area (Å²) in [5, 5.41) is 3.00. The second kappa shape index (κ2) is 4.82. The van der Waals surface area contributed by atoms with Crippen molar-refractivity contribution in [1.29, 1.82) is 0 Å². The fourth-order valence-corrected chi connectivity index (χ4v) is 2.28. The van der Waals surface area contributed by atoms with Crippen LogP contribution < -0.4 is 5.32 Å². The molecule has 0 fully saturated rings. The van der Waals surface area contributed by atoms with Gasteiger partial charge in [-0.3, -0.25) is 4.57 Å². The highest BCUT2D eigenvalue weighted by Gasteiger charge is 2.11. The number of para-hydroxylation sites is 2. The van der Waals surface area contributed by atoms with E-state index < -0.39 is 0 Å². The second-order valence-corrected chi connectivity index (χ2v) is 4.37. The second-order valence-electron chi connectivity index (χ2n) is 4.37. The average molecular weight is 255 g/mol. The van der Waals surface area contributed by atoms with Gasteiger partial charge in [0.1, 0.15) is 12.1 Å². The SMILES string of the molecule is CNCc1c(F)cccc1-n1cnc2ccccc21. The summed E-state index contributed by atoms with van der Waals surface area (Å²) in [5.41, 5.74) is 3.35. The van der Waals surface area contributed by atoms with Gasteiger partial charge in [0.15, 0.2) is 0 Å². The molecule has 1 aromatic heterocycles. The molecule has 0 atom stereocenters. The van der Waals surface area contributed by atoms with Gasteiger partial charge in [-0.1, -0.05) is 18.2 Å². The van der Waals surface area contributed by atoms with Gasteiger partial charge in [0, 0.05) is 12.1 Å². The molecular formula is C15H14FN3. The minimum Gasteiger partial charge on any atom is -0.316 e. The van der Waals surface area contributed by atoms with Crippen LogP contribution in [0.15, 0.2) is 48.8 Å². The fraction of sp³-hybridized carbons (Fsp3) is 0.133. The summed E-state index contributed by atoms with van der Waals surface area (Å²) in [6.45, 7) is 0.481. The maximum Gasteiger partial charge on any atom is 0.129 e. The van der Waals surface area contributed by atoms with Crippen molar-refractivity contribution in [3.63, 3.8) is 0 Å². The van der Waals surface area contributed by atoms with Crippen LogP contribution in [0, 0.1) is 5.82 Å². The lowest BCUT2D eigenvalue weighted by molar-refractivity contribution is 0.599. The van der Waals surface area contributed by atoms with E-state index in [1.807, 2.05) is 41.9 Å². The molecule has 0 amide bonds. The summed E-state index contributed by atoms with van der Waals surface area (Å²) in [4.78, 5) is 4.35. The predicted octanol–water partition coefficient (Wildman–Crippen LogP) is 2.88. The van der Waals surface area contributed by atoms with Crippen LogP contribution in [0.1, 0.15) is 5.56 Å². The average Bonchev–Trinajstić information content (AvgIpc) is 2.85. The van der Waals surface area contributed by atoms with Crippen LogP contribution in [0.25, 0.3) is 16.7 Å². The van der Waals surface area contributed by atoms with E-state index in [2.05, 4.69) is 10.3 Å². The van der Waals surface area contributed by atoms with Gasteiger partial charge in [-0.05, 0) is 31.3 Å². The van der Waals surface area contributed by atoms with Gasteiger partial charge in [-0.2, -0.15) is 0 Å². The Hall–Kier alpha value is -2.20. The van der Waals surface area contributed by atoms with E-state index in [9.17, 15) is 4.39 Å². The molecule has 2 aromatic carbocycles. The largest absolute Gasteiger partial charge is 0.316 e. The standard InChI is InChI=1S/C15H14FN3/c1-17-9-11-12(16)5-4-8-14(11)19-10-18-13-6-2-3-7-15(13)19/h2-8,10,17H,9H2,1H3. The minimum atomic E-state index is -0.204. The first kappa shape index (κ1) is 11.9. The van der Waals surface area contributed by atoms with Crippen LogP contribution in [-0.2, 0) is 6.54 Å². The number of halogens is 1. The van der Waals surface area contributed by atoms with Crippen molar-refractivity contribution in [3.05, 3.63) is 60.2 Å². The monoisotopic (exact) mass is 255 g/mol. The van der Waals surface area contributed by atoms with Crippen molar-refractivity contribution < 1.29 is 4.39 Å². The Balaban J connectivity index is 2.24. The van der Waals surface area contributed by atoms with Gasteiger partial charge >= 0.3 is 0 Å². The minimum absolute atomic E-state index is 0.204. The smallest absolute Gasteiger partial charge is 0.129 e. The van der Waals surface area contributed by atoms with Crippen LogP contribution in [0.3, 0.4) is 0 Å². The van der Waals surface area contributed by atoms with Crippen molar-refractivity contribution in [2.45, 2.75) is 6.54 Å². The van der Waals surface area contributed by atoms with Crippen LogP contribution in [-0.4, -0.2) is 16.6 Å². The summed E-state index contributed by atoms with van der Waals surface area (Å²) in [5.74, 6) is -0.204. The number of hydrogen-bond donors (Lipinski definition) is 1. The third-order valence-electron chi connectivity index (χ3n) is 3.16. The van der Waals surface area contributed by atoms with Crippen molar-refractivity contribution in [3.8, 4) is 5.69 Å². The number of rotatable bonds is 3. The Morgan fingerprint density at radius 1 is 1.16 bits per heavy atom. The molecule has 0 unspecified atom stereocenters. The highest BCUT2D eigenvalue weighted by molar-refractivity contribution is 5.77. The molecule has 4 heteroatoms. The molecule has 0 saturated carbocycles. The Morgan fingerprint density at radius 2 is 2.00 bits per heavy atom. The van der Waals surface area contributed by atoms with Crippen molar-refractivity contribution >= 4 is 11.0 Å². The Morgan fingerprint density at radius 3 is 2.84 bits per heavy atom. The highest BCUT2D eigenvalue weighted by atomic mass is 19.1. The van der Waals surface area contributed by atoms with E-state index in [1.165, 1.54) is 6.07 Å². The van der Waals surface area contributed by atoms with Gasteiger partial charge in [-0.25, -0.2) is 9.37 Å². The van der Waals surface area contributed by atoms with Gasteiger partial charge in [0.25, 0.3) is 0 Å². The molecule has 3 nitrogen and oxygen atoms in total. The number of nitrogens with zero attached hydrogens (tertiary/aromatic N) is 2. The molecule has 0 bridgehead atoms. The number of hydrogen-bond acceptors (Lipinski definition) is 2. The van der Waals surface area contributed by atoms with Crippen LogP contribution in [0.4, 0.5) is 4.39 Å². The maximum atomic E-state index is 14.0. The molecule has 3 aromatic rings. The first-order chi connectivity index (χ1) is 9.31. The van der Waals surface area contributed by atoms with Gasteiger partial charge in [0.05, 0.1) is 16.7 Å². The predicted molar refractivity (Wildman–Crippen MR) is 73.8 cm³/mol. The van der Waals surface area contributed by atoms with Crippen molar-refractivity contribution in [2.24, 2.45) is 0 Å². The zero-order valence-electron chi connectivity index (χ0n) is 10.6. The molecule has 1 N–H and O–H groups in total. The number of imidazole rings is 1. The van der Waals surface area contributed by atoms with Gasteiger partial charge in [0.2, 0.25) is 0 Å². The molecule has 19 heavy (non-hydrogen) atoms. The molecule has 0 spiro atoms. The van der Waals surface area contributed by atoms with E-state index in [0.29, 0.717) is 12.1 Å². The number of nitrogens with one attached hydrogen (secondary N) is 1. The molecular weight excluding hydrogens is 241 g/mol. The lowest BCUT2D eigenvalue weighted by atomic mass is 10.1. The lowest BCUT2D eigenvalue weighted by Gasteiger charge is -2.11. The van der Waals surface area contributed by atoms with E-state index in [0.717, 1.165) is 16.7 Å². The van der Waals surface area contributed by atoms with Crippen LogP contribution in [0.2, 0.25) is 0 Å². The Kier molecular flexibility index (Phi) is 3.01. The molecule has 96 valence electrons. The van der Waals surface area contributed by atoms with Crippen molar-refractivity contribution in [1.82, 2.24) is 14.9 Å². The van der Waals surface area contributed by atoms with E-state index >= 15 is 0 Å².